The second kappa shape index (κ2) is 5.65. The van der Waals surface area contributed by atoms with Gasteiger partial charge in [0.15, 0.2) is 0 Å². The van der Waals surface area contributed by atoms with Crippen LogP contribution in [0.2, 0.25) is 0 Å². The molecule has 0 aromatic carbocycles. The Balaban J connectivity index is 1.94. The monoisotopic (exact) mass is 265 g/mol. The Morgan fingerprint density at radius 2 is 2.16 bits per heavy atom. The van der Waals surface area contributed by atoms with Crippen LogP contribution in [0.15, 0.2) is 12.1 Å². The predicted molar refractivity (Wildman–Crippen MR) is 76.4 cm³/mol. The summed E-state index contributed by atoms with van der Waals surface area (Å²) in [5.41, 5.74) is 6.21. The van der Waals surface area contributed by atoms with Gasteiger partial charge in [-0.1, -0.05) is 0 Å². The van der Waals surface area contributed by atoms with E-state index >= 15 is 0 Å². The summed E-state index contributed by atoms with van der Waals surface area (Å²) in [7, 11) is 1.70. The summed E-state index contributed by atoms with van der Waals surface area (Å²) in [5.74, 6) is 1.96. The molecule has 0 atom stereocenters. The number of hydrogen-bond acceptors (Lipinski definition) is 5. The normalized spacial score (nSPS) is 15.3. The predicted octanol–water partition coefficient (Wildman–Crippen LogP) is 2.29. The third-order valence-electron chi connectivity index (χ3n) is 3.29. The van der Waals surface area contributed by atoms with E-state index in [1.54, 1.807) is 7.11 Å². The number of nitrogens with one attached hydrogen (secondary N) is 1. The number of nitrogens with zero attached hydrogens (tertiary/aromatic N) is 1. The summed E-state index contributed by atoms with van der Waals surface area (Å²) >= 11 is 0. The molecule has 5 heteroatoms. The molecule has 0 saturated heterocycles. The highest BCUT2D eigenvalue weighted by atomic mass is 16.5. The Bertz CT molecular complexity index is 431. The molecule has 1 fully saturated rings. The first-order chi connectivity index (χ1) is 9.00. The molecular formula is C14H23N3O2. The summed E-state index contributed by atoms with van der Waals surface area (Å²) in [4.78, 5) is 4.40. The van der Waals surface area contributed by atoms with Gasteiger partial charge in [-0.25, -0.2) is 0 Å². The molecule has 0 aliphatic heterocycles. The maximum Gasteiger partial charge on any atom is 0.239 e. The van der Waals surface area contributed by atoms with Gasteiger partial charge < -0.3 is 20.5 Å². The van der Waals surface area contributed by atoms with Crippen molar-refractivity contribution in [2.45, 2.75) is 32.3 Å². The molecule has 1 aromatic rings. The second-order valence-electron chi connectivity index (χ2n) is 5.66. The largest absolute Gasteiger partial charge is 0.476 e. The van der Waals surface area contributed by atoms with E-state index in [9.17, 15) is 0 Å². The fourth-order valence-electron chi connectivity index (χ4n) is 1.52. The number of ether oxygens (including phenoxy) is 2. The lowest BCUT2D eigenvalue weighted by Gasteiger charge is -2.23. The summed E-state index contributed by atoms with van der Waals surface area (Å²) in [6.45, 7) is 5.41. The molecule has 106 valence electrons. The van der Waals surface area contributed by atoms with E-state index in [0.29, 0.717) is 30.6 Å². The van der Waals surface area contributed by atoms with Crippen LogP contribution in [0.5, 0.6) is 5.88 Å². The minimum atomic E-state index is -0.238. The van der Waals surface area contributed by atoms with Crippen LogP contribution in [0.4, 0.5) is 11.5 Å². The van der Waals surface area contributed by atoms with E-state index in [-0.39, 0.29) is 5.60 Å². The number of pyridine rings is 1. The smallest absolute Gasteiger partial charge is 0.239 e. The number of aromatic nitrogens is 1. The maximum atomic E-state index is 5.86. The molecule has 3 N–H and O–H groups in total. The molecule has 19 heavy (non-hydrogen) atoms. The van der Waals surface area contributed by atoms with Gasteiger partial charge in [0.25, 0.3) is 0 Å². The Morgan fingerprint density at radius 1 is 1.42 bits per heavy atom. The molecule has 1 heterocycles. The van der Waals surface area contributed by atoms with Crippen molar-refractivity contribution in [1.29, 1.82) is 0 Å². The molecule has 1 aromatic heterocycles. The Morgan fingerprint density at radius 3 is 2.79 bits per heavy atom. The highest BCUT2D eigenvalue weighted by molar-refractivity contribution is 5.53. The topological polar surface area (TPSA) is 69.4 Å². The number of hydrogen-bond donors (Lipinski definition) is 2. The van der Waals surface area contributed by atoms with Gasteiger partial charge in [-0.15, -0.1) is 0 Å². The van der Waals surface area contributed by atoms with Gasteiger partial charge in [-0.2, -0.15) is 4.98 Å². The van der Waals surface area contributed by atoms with E-state index in [0.717, 1.165) is 5.82 Å². The van der Waals surface area contributed by atoms with Crippen LogP contribution >= 0.6 is 0 Å². The molecule has 0 radical (unpaired) electrons. The fourth-order valence-corrected chi connectivity index (χ4v) is 1.52. The SMILES string of the molecule is COC(C)(C)CNc1ccc(N)c(OCC2CC2)n1. The first kappa shape index (κ1) is 13.9. The average Bonchev–Trinajstić information content (AvgIpc) is 3.20. The highest BCUT2D eigenvalue weighted by Crippen LogP contribution is 2.30. The van der Waals surface area contributed by atoms with Gasteiger partial charge in [-0.05, 0) is 44.7 Å². The molecular weight excluding hydrogens is 242 g/mol. The van der Waals surface area contributed by atoms with Gasteiger partial charge in [0.2, 0.25) is 5.88 Å². The highest BCUT2D eigenvalue weighted by Gasteiger charge is 2.22. The third-order valence-corrected chi connectivity index (χ3v) is 3.29. The standard InChI is InChI=1S/C14H23N3O2/c1-14(2,18-3)9-16-12-7-6-11(15)13(17-12)19-8-10-4-5-10/h6-7,10H,4-5,8-9,15H2,1-3H3,(H,16,17). The third kappa shape index (κ3) is 4.28. The van der Waals surface area contributed by atoms with Crippen LogP contribution in [0.3, 0.4) is 0 Å². The van der Waals surface area contributed by atoms with E-state index in [4.69, 9.17) is 15.2 Å². The van der Waals surface area contributed by atoms with Crippen molar-refractivity contribution >= 4 is 11.5 Å². The van der Waals surface area contributed by atoms with Crippen LogP contribution in [0, 0.1) is 5.92 Å². The zero-order chi connectivity index (χ0) is 13.9. The lowest BCUT2D eigenvalue weighted by Crippen LogP contribution is -2.32. The first-order valence-electron chi connectivity index (χ1n) is 6.68. The lowest BCUT2D eigenvalue weighted by molar-refractivity contribution is 0.0343. The number of anilines is 2. The molecule has 0 unspecified atom stereocenters. The minimum Gasteiger partial charge on any atom is -0.476 e. The molecule has 1 aliphatic carbocycles. The zero-order valence-electron chi connectivity index (χ0n) is 11.9. The van der Waals surface area contributed by atoms with Crippen LogP contribution in [-0.2, 0) is 4.74 Å². The van der Waals surface area contributed by atoms with Crippen LogP contribution in [0.25, 0.3) is 0 Å². The van der Waals surface area contributed by atoms with Gasteiger partial charge in [0.05, 0.1) is 17.9 Å². The fraction of sp³-hybridized carbons (Fsp3) is 0.643. The van der Waals surface area contributed by atoms with Gasteiger partial charge in [-0.3, -0.25) is 0 Å². The molecule has 0 bridgehead atoms. The van der Waals surface area contributed by atoms with Crippen molar-refractivity contribution in [3.63, 3.8) is 0 Å². The molecule has 0 amide bonds. The van der Waals surface area contributed by atoms with Crippen molar-refractivity contribution in [1.82, 2.24) is 4.98 Å². The molecule has 0 spiro atoms. The van der Waals surface area contributed by atoms with Crippen LogP contribution in [0.1, 0.15) is 26.7 Å². The summed E-state index contributed by atoms with van der Waals surface area (Å²) < 4.78 is 11.0. The van der Waals surface area contributed by atoms with E-state index in [1.165, 1.54) is 12.8 Å². The van der Waals surface area contributed by atoms with Crippen molar-refractivity contribution in [2.24, 2.45) is 5.92 Å². The molecule has 1 aliphatic rings. The average molecular weight is 265 g/mol. The van der Waals surface area contributed by atoms with Gasteiger partial charge in [0.1, 0.15) is 5.82 Å². The molecule has 5 nitrogen and oxygen atoms in total. The minimum absolute atomic E-state index is 0.238. The van der Waals surface area contributed by atoms with Crippen molar-refractivity contribution in [2.75, 3.05) is 31.3 Å². The van der Waals surface area contributed by atoms with Crippen LogP contribution < -0.4 is 15.8 Å². The number of rotatable bonds is 7. The lowest BCUT2D eigenvalue weighted by atomic mass is 10.1. The Hall–Kier alpha value is -1.49. The maximum absolute atomic E-state index is 5.86. The summed E-state index contributed by atoms with van der Waals surface area (Å²) in [6, 6.07) is 3.67. The quantitative estimate of drug-likeness (QED) is 0.791. The Kier molecular flexibility index (Phi) is 4.14. The van der Waals surface area contributed by atoms with E-state index in [1.807, 2.05) is 26.0 Å². The molecule has 2 rings (SSSR count). The number of nitrogens with two attached hydrogens (primary N) is 1. The number of methoxy groups -OCH3 is 1. The summed E-state index contributed by atoms with van der Waals surface area (Å²) in [6.07, 6.45) is 2.50. The summed E-state index contributed by atoms with van der Waals surface area (Å²) in [5, 5.41) is 3.24. The van der Waals surface area contributed by atoms with Crippen molar-refractivity contribution in [3.05, 3.63) is 12.1 Å². The number of nitrogen functional groups attached to an aromatic ring is 1. The Labute approximate surface area is 114 Å². The first-order valence-corrected chi connectivity index (χ1v) is 6.68. The van der Waals surface area contributed by atoms with E-state index < -0.39 is 0 Å². The van der Waals surface area contributed by atoms with Crippen molar-refractivity contribution < 1.29 is 9.47 Å². The zero-order valence-corrected chi connectivity index (χ0v) is 11.9. The van der Waals surface area contributed by atoms with E-state index in [2.05, 4.69) is 10.3 Å². The molecule has 1 saturated carbocycles. The van der Waals surface area contributed by atoms with Gasteiger partial charge >= 0.3 is 0 Å². The second-order valence-corrected chi connectivity index (χ2v) is 5.66. The van der Waals surface area contributed by atoms with Gasteiger partial charge in [0, 0.05) is 13.7 Å². The van der Waals surface area contributed by atoms with Crippen LogP contribution in [-0.4, -0.2) is 30.8 Å². The van der Waals surface area contributed by atoms with Crippen molar-refractivity contribution in [3.8, 4) is 5.88 Å².